The van der Waals surface area contributed by atoms with Gasteiger partial charge in [-0.05, 0) is 96.3 Å². The Morgan fingerprint density at radius 3 is 1.24 bits per heavy atom. The van der Waals surface area contributed by atoms with Gasteiger partial charge in [0.05, 0.1) is 25.4 Å². The average Bonchev–Trinajstić information content (AvgIpc) is 3.16. The second-order valence-electron chi connectivity index (χ2n) is 24.6. The summed E-state index contributed by atoms with van der Waals surface area (Å²) in [5, 5.41) is 57.2. The monoisotopic (exact) mass is 1200 g/mol. The lowest BCUT2D eigenvalue weighted by Crippen LogP contribution is -2.61. The predicted octanol–water partition coefficient (Wildman–Crippen LogP) is 18.3. The highest BCUT2D eigenvalue weighted by Crippen LogP contribution is 2.26. The number of carbonyl (C=O) groups is 2. The van der Waals surface area contributed by atoms with Gasteiger partial charge in [-0.15, -0.1) is 0 Å². The second-order valence-corrected chi connectivity index (χ2v) is 24.6. The fraction of sp³-hybridized carbons (Fsp3) is 0.811. The normalized spacial score (nSPS) is 18.8. The molecule has 6 N–H and O–H groups in total. The van der Waals surface area contributed by atoms with E-state index in [1.807, 2.05) is 6.08 Å². The van der Waals surface area contributed by atoms with Crippen LogP contribution in [0.4, 0.5) is 0 Å². The number of nitrogens with one attached hydrogen (secondary N) is 1. The van der Waals surface area contributed by atoms with Crippen molar-refractivity contribution in [3.8, 4) is 0 Å². The molecule has 0 spiro atoms. The Labute approximate surface area is 521 Å². The number of allylic oxidation sites excluding steroid dienone is 11. The minimum Gasteiger partial charge on any atom is -0.454 e. The van der Waals surface area contributed by atoms with Crippen molar-refractivity contribution in [3.63, 3.8) is 0 Å². The lowest BCUT2D eigenvalue weighted by Gasteiger charge is -2.41. The number of esters is 1. The Bertz CT molecular complexity index is 1660. The fourth-order valence-corrected chi connectivity index (χ4v) is 10.9. The SMILES string of the molecule is CCCCC/C=C\C/C=C\C/C=C\CCCCCCC(=O)OC1C(OCC(NC(=O)C(O)CCCCCCCCCCCCCCCCCC/C=C\C/C=C\CCCCC)C(O)/C=C/CCCCCCCCCCCCC)OC(CO)C(O)C1O. The van der Waals surface area contributed by atoms with E-state index in [4.69, 9.17) is 14.2 Å². The molecule has 0 saturated carbocycles. The molecule has 8 atom stereocenters. The Hall–Kier alpha value is -2.90. The molecule has 0 radical (unpaired) electrons. The van der Waals surface area contributed by atoms with E-state index in [1.165, 1.54) is 186 Å². The molecule has 0 aromatic carbocycles. The van der Waals surface area contributed by atoms with E-state index >= 15 is 0 Å². The molecule has 1 rings (SSSR count). The van der Waals surface area contributed by atoms with Gasteiger partial charge >= 0.3 is 5.97 Å². The van der Waals surface area contributed by atoms with Crippen molar-refractivity contribution in [2.75, 3.05) is 13.2 Å². The molecule has 1 fully saturated rings. The van der Waals surface area contributed by atoms with Crippen molar-refractivity contribution in [1.82, 2.24) is 5.32 Å². The predicted molar refractivity (Wildman–Crippen MR) is 356 cm³/mol. The lowest BCUT2D eigenvalue weighted by molar-refractivity contribution is -0.305. The van der Waals surface area contributed by atoms with Gasteiger partial charge < -0.3 is 45.1 Å². The van der Waals surface area contributed by atoms with Gasteiger partial charge in [0.15, 0.2) is 12.4 Å². The van der Waals surface area contributed by atoms with Crippen molar-refractivity contribution < 1.29 is 49.3 Å². The van der Waals surface area contributed by atoms with E-state index < -0.39 is 67.4 Å². The third-order valence-corrected chi connectivity index (χ3v) is 16.6. The van der Waals surface area contributed by atoms with Gasteiger partial charge in [0, 0.05) is 6.42 Å². The van der Waals surface area contributed by atoms with Crippen molar-refractivity contribution >= 4 is 11.9 Å². The number of carbonyl (C=O) groups excluding carboxylic acids is 2. The topological polar surface area (TPSA) is 175 Å². The second kappa shape index (κ2) is 61.3. The third kappa shape index (κ3) is 48.7. The molecule has 0 aliphatic carbocycles. The summed E-state index contributed by atoms with van der Waals surface area (Å²) in [6.45, 7) is 5.76. The highest BCUT2D eigenvalue weighted by atomic mass is 16.7. The number of hydrogen-bond acceptors (Lipinski definition) is 10. The molecule has 1 saturated heterocycles. The Balaban J connectivity index is 2.58. The zero-order chi connectivity index (χ0) is 61.7. The molecule has 494 valence electrons. The third-order valence-electron chi connectivity index (χ3n) is 16.6. The maximum atomic E-state index is 13.5. The smallest absolute Gasteiger partial charge is 0.306 e. The molecule has 1 amide bonds. The van der Waals surface area contributed by atoms with Gasteiger partial charge in [0.25, 0.3) is 0 Å². The maximum Gasteiger partial charge on any atom is 0.306 e. The van der Waals surface area contributed by atoms with E-state index in [1.54, 1.807) is 6.08 Å². The molecular weight excluding hydrogens is 1060 g/mol. The molecule has 1 aliphatic rings. The van der Waals surface area contributed by atoms with Gasteiger partial charge in [-0.1, -0.05) is 293 Å². The molecule has 0 aromatic heterocycles. The van der Waals surface area contributed by atoms with E-state index in [0.29, 0.717) is 12.8 Å². The van der Waals surface area contributed by atoms with Gasteiger partial charge in [-0.2, -0.15) is 0 Å². The molecule has 8 unspecified atom stereocenters. The van der Waals surface area contributed by atoms with Crippen LogP contribution in [0, 0.1) is 0 Å². The van der Waals surface area contributed by atoms with Crippen LogP contribution in [0.1, 0.15) is 323 Å². The quantitative estimate of drug-likeness (QED) is 0.0195. The van der Waals surface area contributed by atoms with Gasteiger partial charge in [0.2, 0.25) is 5.91 Å². The van der Waals surface area contributed by atoms with Crippen molar-refractivity contribution in [1.29, 1.82) is 0 Å². The van der Waals surface area contributed by atoms with Crippen LogP contribution in [-0.4, -0.2) is 99.6 Å². The zero-order valence-electron chi connectivity index (χ0n) is 55.0. The Kier molecular flexibility index (Phi) is 57.8. The number of amides is 1. The molecule has 0 bridgehead atoms. The largest absolute Gasteiger partial charge is 0.454 e. The van der Waals surface area contributed by atoms with E-state index in [2.05, 4.69) is 86.8 Å². The maximum absolute atomic E-state index is 13.5. The Morgan fingerprint density at radius 1 is 0.459 bits per heavy atom. The minimum absolute atomic E-state index is 0.0973. The summed E-state index contributed by atoms with van der Waals surface area (Å²) in [5.74, 6) is -1.21. The summed E-state index contributed by atoms with van der Waals surface area (Å²) in [4.78, 5) is 26.7. The molecule has 85 heavy (non-hydrogen) atoms. The summed E-state index contributed by atoms with van der Waals surface area (Å²) in [6.07, 6.45) is 69.4. The number of aliphatic hydroxyl groups excluding tert-OH is 5. The number of hydrogen-bond donors (Lipinski definition) is 6. The summed E-state index contributed by atoms with van der Waals surface area (Å²) in [5.41, 5.74) is 0. The number of aliphatic hydroxyl groups is 5. The zero-order valence-corrected chi connectivity index (χ0v) is 55.0. The average molecular weight is 1200 g/mol. The lowest BCUT2D eigenvalue weighted by atomic mass is 9.99. The van der Waals surface area contributed by atoms with Gasteiger partial charge in [-0.3, -0.25) is 9.59 Å². The van der Waals surface area contributed by atoms with E-state index in [0.717, 1.165) is 89.9 Å². The first-order chi connectivity index (χ1) is 41.7. The van der Waals surface area contributed by atoms with Crippen LogP contribution < -0.4 is 5.32 Å². The van der Waals surface area contributed by atoms with Crippen LogP contribution in [0.25, 0.3) is 0 Å². The van der Waals surface area contributed by atoms with Crippen LogP contribution in [0.5, 0.6) is 0 Å². The molecular formula is C74H133NO10. The molecule has 1 aliphatic heterocycles. The highest BCUT2D eigenvalue weighted by molar-refractivity contribution is 5.80. The first-order valence-corrected chi connectivity index (χ1v) is 35.7. The molecule has 11 heteroatoms. The van der Waals surface area contributed by atoms with E-state index in [9.17, 15) is 35.1 Å². The molecule has 11 nitrogen and oxygen atoms in total. The van der Waals surface area contributed by atoms with Crippen LogP contribution >= 0.6 is 0 Å². The Morgan fingerprint density at radius 2 is 0.812 bits per heavy atom. The van der Waals surface area contributed by atoms with Gasteiger partial charge in [0.1, 0.15) is 24.4 Å². The van der Waals surface area contributed by atoms with E-state index in [-0.39, 0.29) is 19.4 Å². The number of rotatable bonds is 61. The van der Waals surface area contributed by atoms with Crippen molar-refractivity contribution in [3.05, 3.63) is 72.9 Å². The minimum atomic E-state index is -1.63. The van der Waals surface area contributed by atoms with Gasteiger partial charge in [-0.25, -0.2) is 0 Å². The summed E-state index contributed by atoms with van der Waals surface area (Å²) in [6, 6.07) is -1.03. The first-order valence-electron chi connectivity index (χ1n) is 35.7. The number of ether oxygens (including phenoxy) is 3. The highest BCUT2D eigenvalue weighted by Gasteiger charge is 2.47. The molecule has 0 aromatic rings. The summed E-state index contributed by atoms with van der Waals surface area (Å²) in [7, 11) is 0. The first kappa shape index (κ1) is 80.1. The van der Waals surface area contributed by atoms with Crippen LogP contribution in [-0.2, 0) is 23.8 Å². The summed E-state index contributed by atoms with van der Waals surface area (Å²) >= 11 is 0. The molecule has 1 heterocycles. The van der Waals surface area contributed by atoms with Crippen molar-refractivity contribution in [2.24, 2.45) is 0 Å². The summed E-state index contributed by atoms with van der Waals surface area (Å²) < 4.78 is 17.7. The fourth-order valence-electron chi connectivity index (χ4n) is 10.9. The van der Waals surface area contributed by atoms with Crippen LogP contribution in [0.15, 0.2) is 72.9 Å². The van der Waals surface area contributed by atoms with Crippen molar-refractivity contribution in [2.45, 2.75) is 372 Å². The van der Waals surface area contributed by atoms with Crippen LogP contribution in [0.2, 0.25) is 0 Å². The number of unbranched alkanes of at least 4 members (excludes halogenated alkanes) is 37. The standard InChI is InChI=1S/C74H133NO10/c1-4-7-10-13-16-19-22-25-27-29-30-31-32-33-34-35-36-37-39-40-43-46-49-52-55-58-61-67(78)73(82)75-65(66(77)60-57-54-51-48-45-42-24-21-18-15-12-9-6-3)64-83-74-72(71(81)70(80)68(63-76)84-74)85-69(79)62-59-56-53-50-47-44-41-38-28-26-23-20-17-14-11-8-5-2/h16-17,19-20,25-28,41,44,57,60,65-68,70-72,74,76-78,80-81H,4-15,18,21-24,29-40,42-43,45-56,58-59,61-64H2,1-3H3,(H,75,82)/b19-16-,20-17-,27-25-,28-26-,44-41-,60-57+. The van der Waals surface area contributed by atoms with Crippen LogP contribution in [0.3, 0.4) is 0 Å².